The molecule has 1 aliphatic rings. The number of anilines is 1. The molecule has 0 spiro atoms. The molecule has 6 nitrogen and oxygen atoms in total. The Morgan fingerprint density at radius 3 is 2.84 bits per heavy atom. The number of likely N-dealkylation sites (N-methyl/N-ethyl adjacent to an activating group) is 1. The summed E-state index contributed by atoms with van der Waals surface area (Å²) in [6, 6.07) is 7.71. The van der Waals surface area contributed by atoms with E-state index < -0.39 is 6.04 Å². The second-order valence-electron chi connectivity index (χ2n) is 5.77. The minimum absolute atomic E-state index is 0.265. The summed E-state index contributed by atoms with van der Waals surface area (Å²) in [6.07, 6.45) is 0. The van der Waals surface area contributed by atoms with Gasteiger partial charge in [-0.3, -0.25) is 9.59 Å². The highest BCUT2D eigenvalue weighted by molar-refractivity contribution is 8.00. The number of benzene rings is 2. The van der Waals surface area contributed by atoms with Crippen LogP contribution in [0.1, 0.15) is 6.92 Å². The molecule has 0 aromatic heterocycles. The summed E-state index contributed by atoms with van der Waals surface area (Å²) >= 11 is 1.46. The van der Waals surface area contributed by atoms with Crippen molar-refractivity contribution in [2.75, 3.05) is 18.9 Å². The minimum atomic E-state index is -0.653. The topological polar surface area (TPSA) is 82.3 Å². The maximum Gasteiger partial charge on any atom is 0.246 e. The first kappa shape index (κ1) is 17.5. The van der Waals surface area contributed by atoms with E-state index in [-0.39, 0.29) is 23.1 Å². The summed E-state index contributed by atoms with van der Waals surface area (Å²) in [5.41, 5.74) is 0.533. The SMILES string of the molecule is CNCC(NC(C)=O)C(=O)NC1Nc2ccc3cc(F)ccc3c2S1. The van der Waals surface area contributed by atoms with Gasteiger partial charge in [-0.15, -0.1) is 0 Å². The zero-order valence-corrected chi connectivity index (χ0v) is 14.7. The largest absolute Gasteiger partial charge is 0.356 e. The molecule has 0 aliphatic carbocycles. The average molecular weight is 362 g/mol. The number of hydrogen-bond acceptors (Lipinski definition) is 5. The molecule has 4 N–H and O–H groups in total. The molecule has 132 valence electrons. The molecule has 2 amide bonds. The molecule has 1 heterocycles. The molecule has 8 heteroatoms. The van der Waals surface area contributed by atoms with Crippen LogP contribution in [0.15, 0.2) is 35.2 Å². The van der Waals surface area contributed by atoms with Gasteiger partial charge in [0.05, 0.1) is 5.69 Å². The van der Waals surface area contributed by atoms with Crippen LogP contribution in [0.5, 0.6) is 0 Å². The molecular formula is C17H19FN4O2S. The van der Waals surface area contributed by atoms with Gasteiger partial charge in [-0.2, -0.15) is 0 Å². The number of halogens is 1. The van der Waals surface area contributed by atoms with Crippen molar-refractivity contribution in [3.05, 3.63) is 36.1 Å². The number of nitrogens with one attached hydrogen (secondary N) is 4. The monoisotopic (exact) mass is 362 g/mol. The standard InChI is InChI=1S/C17H19FN4O2S/c1-9(23)20-14(8-19-2)16(24)22-17-21-13-6-3-10-7-11(18)4-5-12(10)15(13)25-17/h3-7,14,17,19,21H,8H2,1-2H3,(H,20,23)(H,22,24). The number of carbonyl (C=O) groups excluding carboxylic acids is 2. The fourth-order valence-corrected chi connectivity index (χ4v) is 3.92. The Kier molecular flexibility index (Phi) is 5.10. The van der Waals surface area contributed by atoms with Crippen molar-refractivity contribution in [3.63, 3.8) is 0 Å². The van der Waals surface area contributed by atoms with E-state index in [9.17, 15) is 14.0 Å². The van der Waals surface area contributed by atoms with E-state index in [2.05, 4.69) is 21.3 Å². The second kappa shape index (κ2) is 7.28. The molecule has 0 radical (unpaired) electrons. The summed E-state index contributed by atoms with van der Waals surface area (Å²) in [7, 11) is 1.71. The normalized spacial score (nSPS) is 16.8. The van der Waals surface area contributed by atoms with Crippen molar-refractivity contribution < 1.29 is 14.0 Å². The first-order chi connectivity index (χ1) is 12.0. The second-order valence-corrected chi connectivity index (χ2v) is 6.88. The minimum Gasteiger partial charge on any atom is -0.356 e. The number of carbonyl (C=O) groups is 2. The molecule has 2 aromatic carbocycles. The van der Waals surface area contributed by atoms with Crippen LogP contribution in [-0.2, 0) is 9.59 Å². The quantitative estimate of drug-likeness (QED) is 0.650. The maximum atomic E-state index is 13.4. The van der Waals surface area contributed by atoms with Crippen LogP contribution in [0.2, 0.25) is 0 Å². The summed E-state index contributed by atoms with van der Waals surface area (Å²) in [6.45, 7) is 1.71. The van der Waals surface area contributed by atoms with Crippen molar-refractivity contribution in [1.29, 1.82) is 0 Å². The van der Waals surface area contributed by atoms with Crippen molar-refractivity contribution >= 4 is 40.0 Å². The van der Waals surface area contributed by atoms with Gasteiger partial charge in [-0.25, -0.2) is 4.39 Å². The van der Waals surface area contributed by atoms with E-state index in [1.54, 1.807) is 13.1 Å². The van der Waals surface area contributed by atoms with E-state index in [4.69, 9.17) is 0 Å². The third-order valence-corrected chi connectivity index (χ3v) is 4.98. The van der Waals surface area contributed by atoms with Crippen LogP contribution in [0, 0.1) is 5.82 Å². The Morgan fingerprint density at radius 1 is 1.32 bits per heavy atom. The average Bonchev–Trinajstić information content (AvgIpc) is 2.96. The van der Waals surface area contributed by atoms with Crippen molar-refractivity contribution in [2.45, 2.75) is 23.4 Å². The van der Waals surface area contributed by atoms with Crippen LogP contribution in [0.25, 0.3) is 10.8 Å². The van der Waals surface area contributed by atoms with Gasteiger partial charge in [0.2, 0.25) is 11.8 Å². The molecule has 0 saturated carbocycles. The molecule has 0 bridgehead atoms. The molecule has 3 rings (SSSR count). The van der Waals surface area contributed by atoms with Crippen LogP contribution >= 0.6 is 11.8 Å². The van der Waals surface area contributed by atoms with Gasteiger partial charge >= 0.3 is 0 Å². The Labute approximate surface area is 148 Å². The van der Waals surface area contributed by atoms with Gasteiger partial charge in [-0.1, -0.05) is 23.9 Å². The summed E-state index contributed by atoms with van der Waals surface area (Å²) in [5, 5.41) is 13.4. The predicted molar refractivity (Wildman–Crippen MR) is 96.8 cm³/mol. The fraction of sp³-hybridized carbons (Fsp3) is 0.294. The first-order valence-electron chi connectivity index (χ1n) is 7.85. The van der Waals surface area contributed by atoms with Crippen LogP contribution in [-0.4, -0.2) is 36.9 Å². The van der Waals surface area contributed by atoms with Crippen LogP contribution in [0.4, 0.5) is 10.1 Å². The Morgan fingerprint density at radius 2 is 2.12 bits per heavy atom. The number of fused-ring (bicyclic) bond motifs is 3. The molecule has 25 heavy (non-hydrogen) atoms. The number of amides is 2. The molecule has 2 unspecified atom stereocenters. The lowest BCUT2D eigenvalue weighted by atomic mass is 10.1. The van der Waals surface area contributed by atoms with Crippen LogP contribution in [0.3, 0.4) is 0 Å². The lowest BCUT2D eigenvalue weighted by Gasteiger charge is -2.20. The zero-order chi connectivity index (χ0) is 18.0. The van der Waals surface area contributed by atoms with E-state index >= 15 is 0 Å². The van der Waals surface area contributed by atoms with Crippen LogP contribution < -0.4 is 21.3 Å². The van der Waals surface area contributed by atoms with E-state index in [0.717, 1.165) is 21.4 Å². The van der Waals surface area contributed by atoms with Gasteiger partial charge in [0.15, 0.2) is 5.50 Å². The van der Waals surface area contributed by atoms with E-state index in [1.807, 2.05) is 12.1 Å². The molecule has 1 aliphatic heterocycles. The molecule has 2 atom stereocenters. The Balaban J connectivity index is 1.74. The van der Waals surface area contributed by atoms with Gasteiger partial charge < -0.3 is 21.3 Å². The molecule has 0 fully saturated rings. The highest BCUT2D eigenvalue weighted by Crippen LogP contribution is 2.42. The number of hydrogen-bond donors (Lipinski definition) is 4. The Bertz CT molecular complexity index is 830. The zero-order valence-electron chi connectivity index (χ0n) is 13.9. The Hall–Kier alpha value is -2.32. The summed E-state index contributed by atoms with van der Waals surface area (Å²) < 4.78 is 13.4. The van der Waals surface area contributed by atoms with Gasteiger partial charge in [0.1, 0.15) is 11.9 Å². The van der Waals surface area contributed by atoms with Gasteiger partial charge in [0, 0.05) is 18.4 Å². The predicted octanol–water partition coefficient (Wildman–Crippen LogP) is 1.62. The molecule has 2 aromatic rings. The molecule has 0 saturated heterocycles. The van der Waals surface area contributed by atoms with Gasteiger partial charge in [0.25, 0.3) is 0 Å². The first-order valence-corrected chi connectivity index (χ1v) is 8.73. The maximum absolute atomic E-state index is 13.4. The molecular weight excluding hydrogens is 343 g/mol. The lowest BCUT2D eigenvalue weighted by molar-refractivity contribution is -0.128. The third-order valence-electron chi connectivity index (χ3n) is 3.83. The highest BCUT2D eigenvalue weighted by atomic mass is 32.2. The summed E-state index contributed by atoms with van der Waals surface area (Å²) in [4.78, 5) is 24.6. The number of thioether (sulfide) groups is 1. The van der Waals surface area contributed by atoms with Crippen molar-refractivity contribution in [3.8, 4) is 0 Å². The van der Waals surface area contributed by atoms with Gasteiger partial charge in [-0.05, 0) is 36.0 Å². The fourth-order valence-electron chi connectivity index (χ4n) is 2.76. The summed E-state index contributed by atoms with van der Waals surface area (Å²) in [5.74, 6) is -0.824. The lowest BCUT2D eigenvalue weighted by Crippen LogP contribution is -2.53. The number of rotatable bonds is 5. The third kappa shape index (κ3) is 3.85. The van der Waals surface area contributed by atoms with Crippen molar-refractivity contribution in [2.24, 2.45) is 0 Å². The van der Waals surface area contributed by atoms with E-state index in [0.29, 0.717) is 6.54 Å². The smallest absolute Gasteiger partial charge is 0.246 e. The highest BCUT2D eigenvalue weighted by Gasteiger charge is 2.27. The van der Waals surface area contributed by atoms with Crippen molar-refractivity contribution in [1.82, 2.24) is 16.0 Å². The van der Waals surface area contributed by atoms with E-state index in [1.165, 1.54) is 30.8 Å².